The fraction of sp³-hybridized carbons (Fsp3) is 0.191. The Kier molecular flexibility index (Phi) is 14.0. The first-order valence-electron chi connectivity index (χ1n) is 19.5. The standard InChI is InChI=1S/C47H36BrF12N2O2P/c48-65(39-17-9-3-10-18-39,40-19-11-4-12-20-40,28-31-21-34(44(49,50)51)26-35(22-31)45(52,53)54)29-38(23-30-13-5-1-6-14-30)61-43(64)41(32-15-7-2-8-16-32)62-42(63)33-24-36(46(55,56)57)27-37(25-33)47(58,59)60/h1-22,24-27,38,41H,23,28-29H2,(H,61,64)(H,62,63)/t38-,41-/m0/s1. The SMILES string of the molecule is O=C(N[C@H](C(=O)N[C@@H](Cc1ccccc1)CP(Br)(Cc1cc(C(F)(F)F)cc(C(F)(F)F)c1)(c1ccccc1)c1ccccc1)c1ccccc1)c1cc(C(F)(F)F)cc(C(F)(F)F)c1. The Labute approximate surface area is 372 Å². The first kappa shape index (κ1) is 48.8. The van der Waals surface area contributed by atoms with Gasteiger partial charge in [-0.15, -0.1) is 0 Å². The van der Waals surface area contributed by atoms with Crippen LogP contribution in [0.15, 0.2) is 158 Å². The van der Waals surface area contributed by atoms with Crippen molar-refractivity contribution < 1.29 is 62.3 Å². The van der Waals surface area contributed by atoms with Gasteiger partial charge in [-0.2, -0.15) is 0 Å². The summed E-state index contributed by atoms with van der Waals surface area (Å²) in [5.74, 6) is -2.46. The summed E-state index contributed by atoms with van der Waals surface area (Å²) in [6, 6.07) is 31.0. The maximum absolute atomic E-state index is 14.8. The Morgan fingerprint density at radius 3 is 1.29 bits per heavy atom. The number of amides is 2. The molecule has 0 fully saturated rings. The fourth-order valence-electron chi connectivity index (χ4n) is 7.69. The van der Waals surface area contributed by atoms with Gasteiger partial charge in [0.2, 0.25) is 0 Å². The summed E-state index contributed by atoms with van der Waals surface area (Å²) in [5.41, 5.74) is -7.35. The van der Waals surface area contributed by atoms with Gasteiger partial charge in [0, 0.05) is 0 Å². The Morgan fingerprint density at radius 2 is 0.877 bits per heavy atom. The second-order valence-corrected chi connectivity index (χ2v) is 24.9. The number of alkyl halides is 12. The van der Waals surface area contributed by atoms with Crippen LogP contribution in [0.2, 0.25) is 0 Å². The summed E-state index contributed by atoms with van der Waals surface area (Å²) in [5, 5.41) is 1.68. The topological polar surface area (TPSA) is 58.2 Å². The molecule has 0 spiro atoms. The summed E-state index contributed by atoms with van der Waals surface area (Å²) in [6.45, 7) is 0. The molecule has 0 bridgehead atoms. The predicted molar refractivity (Wildman–Crippen MR) is 228 cm³/mol. The van der Waals surface area contributed by atoms with Crippen molar-refractivity contribution in [3.05, 3.63) is 202 Å². The Balaban J connectivity index is 1.52. The number of hydrogen-bond acceptors (Lipinski definition) is 2. The molecule has 0 unspecified atom stereocenters. The van der Waals surface area contributed by atoms with Crippen LogP contribution in [0.25, 0.3) is 0 Å². The second kappa shape index (κ2) is 18.7. The van der Waals surface area contributed by atoms with Crippen molar-refractivity contribution in [2.45, 2.75) is 49.4 Å². The molecule has 0 radical (unpaired) electrons. The molecule has 342 valence electrons. The van der Waals surface area contributed by atoms with Crippen LogP contribution >= 0.6 is 20.8 Å². The minimum atomic E-state index is -5.29. The van der Waals surface area contributed by atoms with Crippen molar-refractivity contribution >= 4 is 43.2 Å². The number of carbonyl (C=O) groups excluding carboxylic acids is 2. The number of nitrogens with one attached hydrogen (secondary N) is 2. The van der Waals surface area contributed by atoms with Gasteiger partial charge in [0.15, 0.2) is 0 Å². The Hall–Kier alpha value is -5.67. The van der Waals surface area contributed by atoms with Gasteiger partial charge < -0.3 is 0 Å². The molecule has 0 aliphatic rings. The summed E-state index contributed by atoms with van der Waals surface area (Å²) < 4.78 is 169. The second-order valence-electron chi connectivity index (χ2n) is 15.3. The molecule has 0 saturated carbocycles. The summed E-state index contributed by atoms with van der Waals surface area (Å²) in [6.07, 6.45) is -21.6. The van der Waals surface area contributed by atoms with Crippen molar-refractivity contribution in [3.63, 3.8) is 0 Å². The van der Waals surface area contributed by atoms with E-state index in [1.165, 1.54) is 24.3 Å². The predicted octanol–water partition coefficient (Wildman–Crippen LogP) is 12.7. The van der Waals surface area contributed by atoms with Crippen molar-refractivity contribution in [2.24, 2.45) is 0 Å². The molecule has 18 heteroatoms. The van der Waals surface area contributed by atoms with E-state index in [1.807, 2.05) is 0 Å². The van der Waals surface area contributed by atoms with Crippen LogP contribution < -0.4 is 21.2 Å². The summed E-state index contributed by atoms with van der Waals surface area (Å²) in [4.78, 5) is 28.5. The normalized spacial score (nSPS) is 14.1. The Bertz CT molecular complexity index is 2500. The van der Waals surface area contributed by atoms with Crippen LogP contribution in [0, 0.1) is 0 Å². The van der Waals surface area contributed by atoms with E-state index in [9.17, 15) is 62.3 Å². The zero-order chi connectivity index (χ0) is 47.5. The first-order valence-corrected chi connectivity index (χ1v) is 24.1. The van der Waals surface area contributed by atoms with Crippen LogP contribution in [-0.2, 0) is 42.1 Å². The maximum atomic E-state index is 14.8. The Morgan fingerprint density at radius 1 is 0.492 bits per heavy atom. The molecule has 0 heterocycles. The van der Waals surface area contributed by atoms with Crippen LogP contribution in [0.1, 0.15) is 55.3 Å². The molecule has 0 aromatic heterocycles. The quantitative estimate of drug-likeness (QED) is 0.0895. The molecule has 6 rings (SSSR count). The molecule has 65 heavy (non-hydrogen) atoms. The van der Waals surface area contributed by atoms with Gasteiger partial charge in [0.1, 0.15) is 0 Å². The molecule has 2 N–H and O–H groups in total. The van der Waals surface area contributed by atoms with Gasteiger partial charge in [0.25, 0.3) is 0 Å². The molecular weight excluding hydrogens is 963 g/mol. The van der Waals surface area contributed by atoms with Crippen molar-refractivity contribution in [1.82, 2.24) is 10.6 Å². The van der Waals surface area contributed by atoms with Gasteiger partial charge in [-0.25, -0.2) is 0 Å². The van der Waals surface area contributed by atoms with Gasteiger partial charge in [-0.3, -0.25) is 0 Å². The van der Waals surface area contributed by atoms with E-state index >= 15 is 0 Å². The van der Waals surface area contributed by atoms with Gasteiger partial charge in [-0.1, -0.05) is 0 Å². The molecule has 6 aromatic carbocycles. The molecule has 0 saturated heterocycles. The number of hydrogen-bond donors (Lipinski definition) is 2. The van der Waals surface area contributed by atoms with Crippen molar-refractivity contribution in [2.75, 3.05) is 6.16 Å². The van der Waals surface area contributed by atoms with E-state index in [1.54, 1.807) is 97.1 Å². The van der Waals surface area contributed by atoms with Gasteiger partial charge in [-0.05, 0) is 0 Å². The van der Waals surface area contributed by atoms with E-state index in [0.717, 1.165) is 0 Å². The van der Waals surface area contributed by atoms with Crippen LogP contribution in [0.4, 0.5) is 52.7 Å². The third-order valence-corrected chi connectivity index (χ3v) is 19.9. The van der Waals surface area contributed by atoms with E-state index in [-0.39, 0.29) is 48.0 Å². The average Bonchev–Trinajstić information content (AvgIpc) is 3.25. The first-order chi connectivity index (χ1) is 30.3. The molecule has 2 amide bonds. The summed E-state index contributed by atoms with van der Waals surface area (Å²) in [7, 11) is 0. The van der Waals surface area contributed by atoms with Gasteiger partial charge in [0.05, 0.1) is 0 Å². The molecular formula is C47H36BrF12N2O2P. The van der Waals surface area contributed by atoms with Crippen molar-refractivity contribution in [3.8, 4) is 0 Å². The number of rotatable bonds is 13. The van der Waals surface area contributed by atoms with Crippen LogP contribution in [-0.4, -0.2) is 24.0 Å². The zero-order valence-electron chi connectivity index (χ0n) is 33.5. The third kappa shape index (κ3) is 11.6. The fourth-order valence-corrected chi connectivity index (χ4v) is 16.0. The number of benzene rings is 6. The van der Waals surface area contributed by atoms with E-state index in [4.69, 9.17) is 0 Å². The average molecular weight is 1000 g/mol. The molecule has 0 aliphatic carbocycles. The molecule has 0 aliphatic heterocycles. The number of halogens is 13. The van der Waals surface area contributed by atoms with E-state index < -0.39 is 87.9 Å². The number of carbonyl (C=O) groups is 2. The summed E-state index contributed by atoms with van der Waals surface area (Å²) >= 11 is 4.06. The van der Waals surface area contributed by atoms with Crippen LogP contribution in [0.3, 0.4) is 0 Å². The van der Waals surface area contributed by atoms with Crippen LogP contribution in [0.5, 0.6) is 0 Å². The molecule has 6 aromatic rings. The molecule has 2 atom stereocenters. The third-order valence-electron chi connectivity index (χ3n) is 10.6. The zero-order valence-corrected chi connectivity index (χ0v) is 35.9. The van der Waals surface area contributed by atoms with Crippen molar-refractivity contribution in [1.29, 1.82) is 0 Å². The molecule has 4 nitrogen and oxygen atoms in total. The van der Waals surface area contributed by atoms with E-state index in [0.29, 0.717) is 28.3 Å². The minimum absolute atomic E-state index is 0.0236. The van der Waals surface area contributed by atoms with Gasteiger partial charge >= 0.3 is 374 Å². The monoisotopic (exact) mass is 998 g/mol. The van der Waals surface area contributed by atoms with E-state index in [2.05, 4.69) is 26.1 Å².